The Morgan fingerprint density at radius 3 is 2.70 bits per heavy atom. The van der Waals surface area contributed by atoms with E-state index in [1.165, 1.54) is 0 Å². The van der Waals surface area contributed by atoms with E-state index < -0.39 is 23.3 Å². The number of piperidine rings is 1. The van der Waals surface area contributed by atoms with Crippen LogP contribution in [0.5, 0.6) is 0 Å². The third kappa shape index (κ3) is 3.66. The van der Waals surface area contributed by atoms with Crippen molar-refractivity contribution in [3.8, 4) is 11.3 Å². The summed E-state index contributed by atoms with van der Waals surface area (Å²) in [5, 5.41) is 20.3. The summed E-state index contributed by atoms with van der Waals surface area (Å²) in [7, 11) is 0. The first-order chi connectivity index (χ1) is 14.4. The summed E-state index contributed by atoms with van der Waals surface area (Å²) in [6.45, 7) is 2.71. The van der Waals surface area contributed by atoms with Gasteiger partial charge in [-0.25, -0.2) is 4.79 Å². The van der Waals surface area contributed by atoms with Crippen molar-refractivity contribution in [2.24, 2.45) is 0 Å². The van der Waals surface area contributed by atoms with Gasteiger partial charge in [0.1, 0.15) is 0 Å². The molecule has 30 heavy (non-hydrogen) atoms. The molecule has 0 radical (unpaired) electrons. The van der Waals surface area contributed by atoms with Crippen LogP contribution in [0.25, 0.3) is 11.3 Å². The number of aromatic nitrogens is 1. The summed E-state index contributed by atoms with van der Waals surface area (Å²) in [5.41, 5.74) is 4.94. The molecule has 3 heterocycles. The number of carboxylic acid groups (broad SMARTS) is 1. The number of likely N-dealkylation sites (tertiary alicyclic amines) is 1. The summed E-state index contributed by atoms with van der Waals surface area (Å²) in [6, 6.07) is 7.34. The first-order valence-electron chi connectivity index (χ1n) is 9.53. The molecule has 1 aromatic carbocycles. The first-order valence-corrected chi connectivity index (χ1v) is 9.91. The second kappa shape index (κ2) is 8.08. The Morgan fingerprint density at radius 1 is 1.33 bits per heavy atom. The lowest BCUT2D eigenvalue weighted by Crippen LogP contribution is -2.49. The molecule has 10 heteroatoms. The molecule has 0 bridgehead atoms. The predicted octanol–water partition coefficient (Wildman–Crippen LogP) is 4.13. The molecule has 158 valence electrons. The van der Waals surface area contributed by atoms with Crippen molar-refractivity contribution in [2.75, 3.05) is 6.54 Å². The number of halogens is 1. The number of benzene rings is 1. The van der Waals surface area contributed by atoms with Crippen LogP contribution in [0.3, 0.4) is 0 Å². The van der Waals surface area contributed by atoms with Crippen molar-refractivity contribution in [1.29, 1.82) is 0 Å². The van der Waals surface area contributed by atoms with Gasteiger partial charge in [-0.3, -0.25) is 14.7 Å². The minimum Gasteiger partial charge on any atom is -0.465 e. The van der Waals surface area contributed by atoms with Crippen molar-refractivity contribution in [3.63, 3.8) is 0 Å². The minimum atomic E-state index is -1.25. The maximum Gasteiger partial charge on any atom is 0.409 e. The number of aryl methyl sites for hydroxylation is 1. The molecular weight excluding hydrogens is 414 g/mol. The van der Waals surface area contributed by atoms with Crippen LogP contribution in [0, 0.1) is 17.0 Å². The lowest BCUT2D eigenvalue weighted by atomic mass is 9.83. The molecule has 1 amide bonds. The van der Waals surface area contributed by atoms with Gasteiger partial charge in [-0.2, -0.15) is 0 Å². The molecule has 1 fully saturated rings. The Morgan fingerprint density at radius 2 is 2.03 bits per heavy atom. The summed E-state index contributed by atoms with van der Waals surface area (Å²) >= 11 is 6.00. The molecule has 1 N–H and O–H groups in total. The van der Waals surface area contributed by atoms with Gasteiger partial charge in [0.15, 0.2) is 6.23 Å². The van der Waals surface area contributed by atoms with Gasteiger partial charge in [0, 0.05) is 34.3 Å². The smallest absolute Gasteiger partial charge is 0.409 e. The average molecular weight is 434 g/mol. The molecule has 0 aliphatic carbocycles. The molecule has 2 atom stereocenters. The van der Waals surface area contributed by atoms with E-state index in [1.807, 2.05) is 19.1 Å². The van der Waals surface area contributed by atoms with Crippen molar-refractivity contribution in [3.05, 3.63) is 61.8 Å². The largest absolute Gasteiger partial charge is 0.465 e. The second-order valence-electron chi connectivity index (χ2n) is 7.36. The maximum atomic E-state index is 11.7. The van der Waals surface area contributed by atoms with Gasteiger partial charge in [-0.05, 0) is 43.0 Å². The number of amides is 1. The highest BCUT2D eigenvalue weighted by Crippen LogP contribution is 2.42. The van der Waals surface area contributed by atoms with Gasteiger partial charge in [0.2, 0.25) is 0 Å². The van der Waals surface area contributed by atoms with Gasteiger partial charge < -0.3 is 9.84 Å². The van der Waals surface area contributed by atoms with Crippen LogP contribution >= 0.6 is 11.6 Å². The van der Waals surface area contributed by atoms with E-state index in [0.717, 1.165) is 32.8 Å². The fraction of sp³-hybridized carbons (Fsp3) is 0.400. The predicted molar refractivity (Wildman–Crippen MR) is 106 cm³/mol. The van der Waals surface area contributed by atoms with Gasteiger partial charge >= 0.3 is 6.09 Å². The third-order valence-corrected chi connectivity index (χ3v) is 5.88. The van der Waals surface area contributed by atoms with Crippen LogP contribution in [0.1, 0.15) is 41.1 Å². The fourth-order valence-corrected chi connectivity index (χ4v) is 4.54. The van der Waals surface area contributed by atoms with E-state index in [4.69, 9.17) is 26.2 Å². The zero-order chi connectivity index (χ0) is 21.4. The zero-order valence-electron chi connectivity index (χ0n) is 16.2. The van der Waals surface area contributed by atoms with E-state index in [-0.39, 0.29) is 6.54 Å². The molecule has 1 aromatic heterocycles. The van der Waals surface area contributed by atoms with E-state index in [2.05, 4.69) is 0 Å². The number of rotatable bonds is 4. The third-order valence-electron chi connectivity index (χ3n) is 5.63. The Kier molecular flexibility index (Phi) is 5.48. The Hall–Kier alpha value is -2.91. The number of ether oxygens (including phenoxy) is 1. The van der Waals surface area contributed by atoms with Crippen LogP contribution in [0.2, 0.25) is 5.02 Å². The van der Waals surface area contributed by atoms with Crippen molar-refractivity contribution in [2.45, 2.75) is 45.1 Å². The summed E-state index contributed by atoms with van der Waals surface area (Å²) < 4.78 is 5.71. The summed E-state index contributed by atoms with van der Waals surface area (Å²) in [4.78, 5) is 33.4. The summed E-state index contributed by atoms with van der Waals surface area (Å²) in [5.74, 6) is -0.512. The number of fused-ring (bicyclic) bond motifs is 1. The van der Waals surface area contributed by atoms with Crippen LogP contribution in [0.15, 0.2) is 24.3 Å². The molecule has 2 unspecified atom stereocenters. The molecular formula is C20H20ClN3O6. The van der Waals surface area contributed by atoms with Crippen LogP contribution in [-0.2, 0) is 22.8 Å². The number of carbonyl (C=O) groups is 1. The molecule has 4 rings (SSSR count). The van der Waals surface area contributed by atoms with Crippen molar-refractivity contribution < 1.29 is 24.6 Å². The maximum absolute atomic E-state index is 11.7. The number of hydrogen-bond acceptors (Lipinski definition) is 6. The SMILES string of the molecule is Cc1nc(-c2ccc(Cl)cc2)c2c(c1C1CCCN(C(=O)O)C1O[N+](=O)[O-])COC2. The van der Waals surface area contributed by atoms with E-state index in [0.29, 0.717) is 36.8 Å². The monoisotopic (exact) mass is 433 g/mol. The molecule has 9 nitrogen and oxygen atoms in total. The Balaban J connectivity index is 1.82. The van der Waals surface area contributed by atoms with Crippen LogP contribution < -0.4 is 0 Å². The molecule has 2 aliphatic heterocycles. The van der Waals surface area contributed by atoms with Crippen molar-refractivity contribution in [1.82, 2.24) is 9.88 Å². The van der Waals surface area contributed by atoms with Crippen LogP contribution in [0.4, 0.5) is 4.79 Å². The van der Waals surface area contributed by atoms with E-state index in [9.17, 15) is 20.0 Å². The number of pyridine rings is 1. The Labute approximate surface area is 177 Å². The number of hydrogen-bond donors (Lipinski definition) is 1. The standard InChI is InChI=1S/C20H20ClN3O6/c1-11-17(14-3-2-8-23(20(25)26)19(14)30-24(27)28)15-9-29-10-16(15)18(22-11)12-4-6-13(21)7-5-12/h4-7,14,19H,2-3,8-10H2,1H3,(H,25,26). The highest BCUT2D eigenvalue weighted by Gasteiger charge is 2.41. The molecule has 0 saturated carbocycles. The molecule has 2 aliphatic rings. The lowest BCUT2D eigenvalue weighted by Gasteiger charge is -2.39. The molecule has 0 spiro atoms. The highest BCUT2D eigenvalue weighted by atomic mass is 35.5. The normalized spacial score (nSPS) is 20.7. The average Bonchev–Trinajstić information content (AvgIpc) is 3.17. The van der Waals surface area contributed by atoms with E-state index >= 15 is 0 Å². The van der Waals surface area contributed by atoms with E-state index in [1.54, 1.807) is 12.1 Å². The zero-order valence-corrected chi connectivity index (χ0v) is 17.0. The topological polar surface area (TPSA) is 115 Å². The van der Waals surface area contributed by atoms with Gasteiger partial charge in [0.25, 0.3) is 5.09 Å². The highest BCUT2D eigenvalue weighted by molar-refractivity contribution is 6.30. The van der Waals surface area contributed by atoms with Gasteiger partial charge in [-0.1, -0.05) is 23.7 Å². The minimum absolute atomic E-state index is 0.179. The second-order valence-corrected chi connectivity index (χ2v) is 7.80. The van der Waals surface area contributed by atoms with Gasteiger partial charge in [0.05, 0.1) is 18.9 Å². The Bertz CT molecular complexity index is 997. The van der Waals surface area contributed by atoms with Gasteiger partial charge in [-0.15, -0.1) is 10.1 Å². The molecule has 2 aromatic rings. The quantitative estimate of drug-likeness (QED) is 0.569. The van der Waals surface area contributed by atoms with Crippen LogP contribution in [-0.4, -0.2) is 38.9 Å². The molecule has 1 saturated heterocycles. The fourth-order valence-electron chi connectivity index (χ4n) is 4.41. The first kappa shape index (κ1) is 20.4. The lowest BCUT2D eigenvalue weighted by molar-refractivity contribution is -0.775. The van der Waals surface area contributed by atoms with Crippen molar-refractivity contribution >= 4 is 17.7 Å². The number of nitrogens with zero attached hydrogens (tertiary/aromatic N) is 3. The summed E-state index contributed by atoms with van der Waals surface area (Å²) in [6.07, 6.45) is -1.35.